The van der Waals surface area contributed by atoms with Gasteiger partial charge in [0.05, 0.1) is 26.3 Å². The average molecular weight is 424 g/mol. The van der Waals surface area contributed by atoms with Crippen molar-refractivity contribution in [1.82, 2.24) is 14.9 Å². The van der Waals surface area contributed by atoms with Crippen LogP contribution in [-0.4, -0.2) is 45.5 Å². The SMILES string of the molecule is [2H]C(c1cccnc1OCCCCCC(=O)O)N(C)C(=O)c1ccc(-c2ccco2)nc1. The average Bonchev–Trinajstić information content (AvgIpc) is 3.35. The Labute approximate surface area is 181 Å². The Bertz CT molecular complexity index is 1020. The monoisotopic (exact) mass is 424 g/mol. The van der Waals surface area contributed by atoms with Gasteiger partial charge in [-0.05, 0) is 49.6 Å². The summed E-state index contributed by atoms with van der Waals surface area (Å²) in [6.45, 7) is -0.672. The second kappa shape index (κ2) is 10.9. The van der Waals surface area contributed by atoms with Crippen LogP contribution in [0, 0.1) is 0 Å². The molecule has 8 nitrogen and oxygen atoms in total. The van der Waals surface area contributed by atoms with E-state index in [1.807, 2.05) is 0 Å². The van der Waals surface area contributed by atoms with Crippen molar-refractivity contribution in [2.24, 2.45) is 0 Å². The molecular formula is C23H25N3O5. The molecule has 1 unspecified atom stereocenters. The largest absolute Gasteiger partial charge is 0.481 e. The number of carbonyl (C=O) groups is 2. The zero-order chi connectivity index (χ0) is 22.9. The summed E-state index contributed by atoms with van der Waals surface area (Å²) >= 11 is 0. The number of hydrogen-bond donors (Lipinski definition) is 1. The van der Waals surface area contributed by atoms with Gasteiger partial charge in [0.2, 0.25) is 5.88 Å². The molecule has 3 heterocycles. The Morgan fingerprint density at radius 2 is 2.03 bits per heavy atom. The van der Waals surface area contributed by atoms with Crippen molar-refractivity contribution in [2.45, 2.75) is 32.2 Å². The highest BCUT2D eigenvalue weighted by Crippen LogP contribution is 2.20. The van der Waals surface area contributed by atoms with Crippen molar-refractivity contribution in [2.75, 3.05) is 13.7 Å². The molecule has 0 aliphatic rings. The van der Waals surface area contributed by atoms with Crippen LogP contribution in [0.5, 0.6) is 5.88 Å². The lowest BCUT2D eigenvalue weighted by Crippen LogP contribution is -2.26. The first-order valence-electron chi connectivity index (χ1n) is 10.5. The van der Waals surface area contributed by atoms with E-state index in [1.165, 1.54) is 11.1 Å². The molecule has 8 heteroatoms. The number of carboxylic acids is 1. The lowest BCUT2D eigenvalue weighted by Gasteiger charge is -2.19. The van der Waals surface area contributed by atoms with E-state index in [0.29, 0.717) is 42.0 Å². The maximum Gasteiger partial charge on any atom is 0.303 e. The molecule has 1 N–H and O–H groups in total. The molecule has 0 saturated heterocycles. The van der Waals surface area contributed by atoms with Gasteiger partial charge in [-0.2, -0.15) is 0 Å². The summed E-state index contributed by atoms with van der Waals surface area (Å²) in [6, 6.07) is 10.3. The summed E-state index contributed by atoms with van der Waals surface area (Å²) in [7, 11) is 1.54. The smallest absolute Gasteiger partial charge is 0.303 e. The lowest BCUT2D eigenvalue weighted by atomic mass is 10.2. The molecule has 0 bridgehead atoms. The van der Waals surface area contributed by atoms with Crippen molar-refractivity contribution in [1.29, 1.82) is 0 Å². The van der Waals surface area contributed by atoms with E-state index < -0.39 is 12.5 Å². The van der Waals surface area contributed by atoms with Crippen LogP contribution in [0.15, 0.2) is 59.5 Å². The van der Waals surface area contributed by atoms with Gasteiger partial charge in [0.25, 0.3) is 5.91 Å². The Morgan fingerprint density at radius 3 is 2.74 bits per heavy atom. The van der Waals surface area contributed by atoms with Gasteiger partial charge < -0.3 is 19.2 Å². The molecule has 1 atom stereocenters. The minimum absolute atomic E-state index is 0.133. The second-order valence-corrected chi connectivity index (χ2v) is 6.91. The second-order valence-electron chi connectivity index (χ2n) is 6.91. The fourth-order valence-electron chi connectivity index (χ4n) is 2.91. The number of hydrogen-bond acceptors (Lipinski definition) is 6. The maximum atomic E-state index is 12.9. The molecule has 0 aromatic carbocycles. The van der Waals surface area contributed by atoms with Crippen molar-refractivity contribution >= 4 is 11.9 Å². The molecular weight excluding hydrogens is 398 g/mol. The number of nitrogens with zero attached hydrogens (tertiary/aromatic N) is 3. The van der Waals surface area contributed by atoms with E-state index in [0.717, 1.165) is 6.42 Å². The maximum absolute atomic E-state index is 12.9. The van der Waals surface area contributed by atoms with Crippen LogP contribution in [0.2, 0.25) is 0 Å². The van der Waals surface area contributed by atoms with Crippen LogP contribution in [0.4, 0.5) is 0 Å². The molecule has 3 aromatic heterocycles. The number of carboxylic acid groups (broad SMARTS) is 1. The van der Waals surface area contributed by atoms with Gasteiger partial charge in [-0.3, -0.25) is 14.6 Å². The van der Waals surface area contributed by atoms with Crippen molar-refractivity contribution in [3.05, 3.63) is 66.2 Å². The van der Waals surface area contributed by atoms with Gasteiger partial charge in [0.15, 0.2) is 5.76 Å². The summed E-state index contributed by atoms with van der Waals surface area (Å²) in [5.74, 6) is -0.270. The Morgan fingerprint density at radius 1 is 1.16 bits per heavy atom. The van der Waals surface area contributed by atoms with Crippen molar-refractivity contribution in [3.8, 4) is 17.3 Å². The lowest BCUT2D eigenvalue weighted by molar-refractivity contribution is -0.137. The number of furan rings is 1. The summed E-state index contributed by atoms with van der Waals surface area (Å²) in [5.41, 5.74) is 1.43. The molecule has 162 valence electrons. The van der Waals surface area contributed by atoms with Crippen molar-refractivity contribution < 1.29 is 25.2 Å². The molecule has 3 aromatic rings. The Balaban J connectivity index is 1.61. The van der Waals surface area contributed by atoms with Crippen LogP contribution < -0.4 is 4.74 Å². The zero-order valence-corrected chi connectivity index (χ0v) is 17.2. The third kappa shape index (κ3) is 6.40. The highest BCUT2D eigenvalue weighted by Gasteiger charge is 2.16. The van der Waals surface area contributed by atoms with Gasteiger partial charge >= 0.3 is 5.97 Å². The number of amides is 1. The van der Waals surface area contributed by atoms with E-state index in [4.69, 9.17) is 15.6 Å². The van der Waals surface area contributed by atoms with E-state index in [-0.39, 0.29) is 18.2 Å². The van der Waals surface area contributed by atoms with Crippen LogP contribution in [0.25, 0.3) is 11.5 Å². The number of aromatic nitrogens is 2. The van der Waals surface area contributed by atoms with Crippen LogP contribution in [0.3, 0.4) is 0 Å². The highest BCUT2D eigenvalue weighted by molar-refractivity contribution is 5.94. The van der Waals surface area contributed by atoms with E-state index in [1.54, 1.807) is 55.9 Å². The summed E-state index contributed by atoms with van der Waals surface area (Å²) in [6.07, 6.45) is 6.69. The van der Waals surface area contributed by atoms with Crippen LogP contribution in [-0.2, 0) is 11.3 Å². The predicted octanol–water partition coefficient (Wildman–Crippen LogP) is 4.03. The third-order valence-corrected chi connectivity index (χ3v) is 4.51. The van der Waals surface area contributed by atoms with Gasteiger partial charge in [0, 0.05) is 31.4 Å². The summed E-state index contributed by atoms with van der Waals surface area (Å²) in [4.78, 5) is 33.2. The molecule has 0 spiro atoms. The normalized spacial score (nSPS) is 12.1. The predicted molar refractivity (Wildman–Crippen MR) is 114 cm³/mol. The van der Waals surface area contributed by atoms with Gasteiger partial charge in [0.1, 0.15) is 5.69 Å². The minimum atomic E-state index is -1.03. The quantitative estimate of drug-likeness (QED) is 0.463. The standard InChI is InChI=1S/C23H25N3O5/c1-26(23(29)17-10-11-19(25-15-17)20-8-6-14-30-20)16-18-7-5-12-24-22(18)31-13-4-2-3-9-21(27)28/h5-8,10-12,14-15H,2-4,9,13,16H2,1H3,(H,27,28)/i16D. The Hall–Kier alpha value is -3.68. The molecule has 0 radical (unpaired) electrons. The third-order valence-electron chi connectivity index (χ3n) is 4.51. The Kier molecular flexibility index (Phi) is 7.25. The molecule has 0 fully saturated rings. The van der Waals surface area contributed by atoms with E-state index in [9.17, 15) is 9.59 Å². The van der Waals surface area contributed by atoms with E-state index in [2.05, 4.69) is 9.97 Å². The highest BCUT2D eigenvalue weighted by atomic mass is 16.5. The minimum Gasteiger partial charge on any atom is -0.481 e. The van der Waals surface area contributed by atoms with Gasteiger partial charge in [-0.15, -0.1) is 0 Å². The topological polar surface area (TPSA) is 106 Å². The number of rotatable bonds is 11. The molecule has 0 saturated carbocycles. The molecule has 31 heavy (non-hydrogen) atoms. The number of aliphatic carboxylic acids is 1. The molecule has 3 rings (SSSR count). The number of pyridine rings is 2. The molecule has 1 amide bonds. The van der Waals surface area contributed by atoms with Crippen LogP contribution in [0.1, 0.15) is 43.0 Å². The molecule has 0 aliphatic carbocycles. The first-order chi connectivity index (χ1) is 15.5. The van der Waals surface area contributed by atoms with Gasteiger partial charge in [-0.1, -0.05) is 6.07 Å². The van der Waals surface area contributed by atoms with Gasteiger partial charge in [-0.25, -0.2) is 4.98 Å². The number of ether oxygens (including phenoxy) is 1. The first-order valence-corrected chi connectivity index (χ1v) is 9.96. The fraction of sp³-hybridized carbons (Fsp3) is 0.304. The van der Waals surface area contributed by atoms with E-state index >= 15 is 0 Å². The molecule has 0 aliphatic heterocycles. The summed E-state index contributed by atoms with van der Waals surface area (Å²) in [5, 5.41) is 8.68. The zero-order valence-electron chi connectivity index (χ0n) is 18.2. The fourth-order valence-corrected chi connectivity index (χ4v) is 2.91. The summed E-state index contributed by atoms with van der Waals surface area (Å²) < 4.78 is 19.6. The van der Waals surface area contributed by atoms with Crippen LogP contribution >= 0.6 is 0 Å². The number of carbonyl (C=O) groups excluding carboxylic acids is 1. The van der Waals surface area contributed by atoms with Crippen molar-refractivity contribution in [3.63, 3.8) is 0 Å². The first kappa shape index (κ1) is 20.6. The number of unbranched alkanes of at least 4 members (excludes halogenated alkanes) is 2.